The van der Waals surface area contributed by atoms with Crippen molar-refractivity contribution in [1.29, 1.82) is 5.26 Å². The number of carbonyl (C=O) groups excluding carboxylic acids is 2. The quantitative estimate of drug-likeness (QED) is 0.349. The molecule has 0 saturated heterocycles. The fourth-order valence-corrected chi connectivity index (χ4v) is 4.41. The Morgan fingerprint density at radius 3 is 2.86 bits per heavy atom. The molecule has 28 heavy (non-hydrogen) atoms. The predicted molar refractivity (Wildman–Crippen MR) is 107 cm³/mol. The number of methoxy groups -OCH3 is 1. The number of nitrogens with zero attached hydrogens (tertiary/aromatic N) is 1. The lowest BCUT2D eigenvalue weighted by Gasteiger charge is -2.02. The van der Waals surface area contributed by atoms with E-state index in [4.69, 9.17) is 19.2 Å². The Morgan fingerprint density at radius 2 is 2.18 bits per heavy atom. The molecule has 144 valence electrons. The van der Waals surface area contributed by atoms with Gasteiger partial charge in [0.1, 0.15) is 15.3 Å². The average molecular weight is 416 g/mol. The van der Waals surface area contributed by atoms with Crippen LogP contribution in [0.4, 0.5) is 5.00 Å². The number of benzene rings is 1. The fourth-order valence-electron chi connectivity index (χ4n) is 2.61. The van der Waals surface area contributed by atoms with E-state index < -0.39 is 11.9 Å². The summed E-state index contributed by atoms with van der Waals surface area (Å²) in [5, 5.41) is 14.9. The zero-order valence-corrected chi connectivity index (χ0v) is 17.0. The number of para-hydroxylation sites is 1. The molecule has 2 aromatic heterocycles. The molecule has 1 amide bonds. The smallest absolute Gasteiger partial charge is 0.348 e. The van der Waals surface area contributed by atoms with E-state index in [0.717, 1.165) is 28.5 Å². The highest BCUT2D eigenvalue weighted by Crippen LogP contribution is 2.40. The number of amides is 1. The van der Waals surface area contributed by atoms with Gasteiger partial charge in [-0.05, 0) is 43.3 Å². The normalized spacial score (nSPS) is 10.5. The molecule has 0 bridgehead atoms. The van der Waals surface area contributed by atoms with Crippen LogP contribution in [0.25, 0.3) is 11.0 Å². The van der Waals surface area contributed by atoms with Crippen LogP contribution in [0.3, 0.4) is 0 Å². The summed E-state index contributed by atoms with van der Waals surface area (Å²) in [5.41, 5.74) is 1.06. The van der Waals surface area contributed by atoms with E-state index in [9.17, 15) is 9.59 Å². The lowest BCUT2D eigenvalue weighted by molar-refractivity contribution is 0.0531. The van der Waals surface area contributed by atoms with Crippen LogP contribution in [0, 0.1) is 17.6 Å². The van der Waals surface area contributed by atoms with Gasteiger partial charge in [-0.15, -0.1) is 11.3 Å². The molecule has 0 aliphatic rings. The minimum Gasteiger partial charge on any atom is -0.493 e. The Bertz CT molecular complexity index is 1090. The van der Waals surface area contributed by atoms with E-state index in [1.54, 1.807) is 32.0 Å². The predicted octanol–water partition coefficient (Wildman–Crippen LogP) is 4.81. The maximum Gasteiger partial charge on any atom is 0.348 e. The summed E-state index contributed by atoms with van der Waals surface area (Å²) < 4.78 is 15.9. The van der Waals surface area contributed by atoms with Gasteiger partial charge in [0.15, 0.2) is 17.1 Å². The second-order valence-corrected chi connectivity index (χ2v) is 7.39. The molecule has 0 spiro atoms. The number of anilines is 1. The van der Waals surface area contributed by atoms with Crippen LogP contribution in [-0.2, 0) is 4.74 Å². The Morgan fingerprint density at radius 1 is 1.39 bits per heavy atom. The highest BCUT2D eigenvalue weighted by Gasteiger charge is 2.24. The van der Waals surface area contributed by atoms with Crippen LogP contribution in [-0.4, -0.2) is 25.6 Å². The van der Waals surface area contributed by atoms with Gasteiger partial charge in [0, 0.05) is 5.39 Å². The average Bonchev–Trinajstić information content (AvgIpc) is 3.25. The first-order chi connectivity index (χ1) is 13.5. The van der Waals surface area contributed by atoms with Crippen molar-refractivity contribution in [3.63, 3.8) is 0 Å². The van der Waals surface area contributed by atoms with Crippen molar-refractivity contribution >= 4 is 50.9 Å². The molecule has 0 aliphatic carbocycles. The molecule has 0 saturated carbocycles. The highest BCUT2D eigenvalue weighted by atomic mass is 32.2. The minimum atomic E-state index is -0.491. The summed E-state index contributed by atoms with van der Waals surface area (Å²) in [4.78, 5) is 25.7. The van der Waals surface area contributed by atoms with Gasteiger partial charge in [0.05, 0.1) is 18.6 Å². The topological polar surface area (TPSA) is 102 Å². The zero-order valence-electron chi connectivity index (χ0n) is 15.3. The molecule has 2 heterocycles. The molecule has 0 unspecified atom stereocenters. The maximum atomic E-state index is 12.7. The number of furan rings is 1. The summed E-state index contributed by atoms with van der Waals surface area (Å²) in [6.45, 7) is 3.66. The van der Waals surface area contributed by atoms with Gasteiger partial charge >= 0.3 is 5.97 Å². The summed E-state index contributed by atoms with van der Waals surface area (Å²) in [6, 6.07) is 6.96. The third kappa shape index (κ3) is 3.69. The molecular formula is C19H16N2O5S2. The number of thioether (sulfide) groups is 1. The number of nitrogens with one attached hydrogen (secondary N) is 1. The number of carbonyl (C=O) groups is 2. The zero-order chi connectivity index (χ0) is 20.3. The molecule has 1 N–H and O–H groups in total. The van der Waals surface area contributed by atoms with Gasteiger partial charge in [-0.25, -0.2) is 4.79 Å². The van der Waals surface area contributed by atoms with Crippen molar-refractivity contribution in [3.8, 4) is 11.2 Å². The van der Waals surface area contributed by atoms with E-state index >= 15 is 0 Å². The first kappa shape index (κ1) is 19.8. The van der Waals surface area contributed by atoms with Crippen molar-refractivity contribution in [3.05, 3.63) is 40.5 Å². The van der Waals surface area contributed by atoms with Gasteiger partial charge < -0.3 is 19.2 Å². The first-order valence-electron chi connectivity index (χ1n) is 8.24. The summed E-state index contributed by atoms with van der Waals surface area (Å²) in [6.07, 6.45) is 0. The van der Waals surface area contributed by atoms with E-state index in [2.05, 4.69) is 5.32 Å². The van der Waals surface area contributed by atoms with Crippen molar-refractivity contribution in [2.75, 3.05) is 19.0 Å². The van der Waals surface area contributed by atoms with Gasteiger partial charge in [0.25, 0.3) is 5.91 Å². The van der Waals surface area contributed by atoms with Crippen molar-refractivity contribution in [1.82, 2.24) is 0 Å². The van der Waals surface area contributed by atoms with Crippen LogP contribution in [0.1, 0.15) is 32.7 Å². The summed E-state index contributed by atoms with van der Waals surface area (Å²) in [7, 11) is 1.52. The Balaban J connectivity index is 1.94. The summed E-state index contributed by atoms with van der Waals surface area (Å²) >= 11 is 1.94. The fraction of sp³-hybridized carbons (Fsp3) is 0.211. The number of nitriles is 1. The minimum absolute atomic E-state index is 0.0937. The van der Waals surface area contributed by atoms with Crippen LogP contribution < -0.4 is 10.1 Å². The number of rotatable bonds is 6. The standard InChI is InChI=1S/C19H16N2O5S2/c1-4-25-19(23)16-10(2)15(27-9-20)18(28-16)21-17(22)13-8-11-6-5-7-12(24-3)14(11)26-13/h5-8H,4H2,1-3H3,(H,21,22). The maximum absolute atomic E-state index is 12.7. The van der Waals surface area contributed by atoms with Crippen LogP contribution in [0.5, 0.6) is 5.75 Å². The molecule has 1 aromatic carbocycles. The van der Waals surface area contributed by atoms with Gasteiger partial charge in [-0.2, -0.15) is 5.26 Å². The number of thiophene rings is 1. The summed E-state index contributed by atoms with van der Waals surface area (Å²) in [5.74, 6) is -0.363. The van der Waals surface area contributed by atoms with E-state index in [1.165, 1.54) is 7.11 Å². The Kier molecular flexibility index (Phi) is 5.92. The molecular weight excluding hydrogens is 400 g/mol. The molecule has 3 rings (SSSR count). The van der Waals surface area contributed by atoms with Gasteiger partial charge in [0.2, 0.25) is 0 Å². The molecule has 0 aliphatic heterocycles. The number of esters is 1. The van der Waals surface area contributed by atoms with Crippen LogP contribution >= 0.6 is 23.1 Å². The Hall–Kier alpha value is -2.96. The first-order valence-corrected chi connectivity index (χ1v) is 9.87. The van der Waals surface area contributed by atoms with Crippen LogP contribution in [0.15, 0.2) is 33.6 Å². The number of fused-ring (bicyclic) bond motifs is 1. The van der Waals surface area contributed by atoms with E-state index in [1.807, 2.05) is 11.5 Å². The lowest BCUT2D eigenvalue weighted by Crippen LogP contribution is -2.10. The van der Waals surface area contributed by atoms with Crippen molar-refractivity contribution in [2.45, 2.75) is 18.7 Å². The highest BCUT2D eigenvalue weighted by molar-refractivity contribution is 8.04. The van der Waals surface area contributed by atoms with E-state index in [0.29, 0.717) is 31.7 Å². The van der Waals surface area contributed by atoms with Gasteiger partial charge in [-0.1, -0.05) is 12.1 Å². The lowest BCUT2D eigenvalue weighted by atomic mass is 10.2. The monoisotopic (exact) mass is 416 g/mol. The molecule has 7 nitrogen and oxygen atoms in total. The number of ether oxygens (including phenoxy) is 2. The van der Waals surface area contributed by atoms with Crippen molar-refractivity contribution < 1.29 is 23.5 Å². The SMILES string of the molecule is CCOC(=O)c1sc(NC(=O)c2cc3cccc(OC)c3o2)c(SC#N)c1C. The molecule has 0 atom stereocenters. The molecule has 9 heteroatoms. The Labute approximate surface area is 169 Å². The molecule has 0 radical (unpaired) electrons. The molecule has 3 aromatic rings. The number of hydrogen-bond acceptors (Lipinski definition) is 8. The van der Waals surface area contributed by atoms with Crippen LogP contribution in [0.2, 0.25) is 0 Å². The third-order valence-corrected chi connectivity index (χ3v) is 6.00. The second kappa shape index (κ2) is 8.37. The van der Waals surface area contributed by atoms with Gasteiger partial charge in [-0.3, -0.25) is 4.79 Å². The molecule has 0 fully saturated rings. The van der Waals surface area contributed by atoms with Crippen molar-refractivity contribution in [2.24, 2.45) is 0 Å². The third-order valence-electron chi connectivity index (χ3n) is 3.88. The largest absolute Gasteiger partial charge is 0.493 e. The number of hydrogen-bond donors (Lipinski definition) is 1. The second-order valence-electron chi connectivity index (χ2n) is 5.57. The number of thiocyanates is 1. The van der Waals surface area contributed by atoms with E-state index in [-0.39, 0.29) is 12.4 Å².